The number of aliphatic hydroxyl groups excluding tert-OH is 1. The van der Waals surface area contributed by atoms with Crippen LogP contribution in [0.2, 0.25) is 0 Å². The molecule has 2 rings (SSSR count). The average molecular weight is 229 g/mol. The number of ether oxygens (including phenoxy) is 1. The fraction of sp³-hybridized carbons (Fsp3) is 0.214. The molecule has 0 aliphatic heterocycles. The van der Waals surface area contributed by atoms with Gasteiger partial charge in [0.25, 0.3) is 0 Å². The third-order valence-electron chi connectivity index (χ3n) is 2.82. The molecule has 1 heterocycles. The summed E-state index contributed by atoms with van der Waals surface area (Å²) >= 11 is 0. The Morgan fingerprint density at radius 1 is 1.18 bits per heavy atom. The quantitative estimate of drug-likeness (QED) is 0.879. The number of rotatable bonds is 3. The van der Waals surface area contributed by atoms with Crippen molar-refractivity contribution >= 4 is 0 Å². The summed E-state index contributed by atoms with van der Waals surface area (Å²) in [6.07, 6.45) is 3.26. The molecule has 17 heavy (non-hydrogen) atoms. The minimum absolute atomic E-state index is 0.0529. The molecule has 0 aliphatic carbocycles. The zero-order chi connectivity index (χ0) is 12.3. The minimum atomic E-state index is -0.0529. The van der Waals surface area contributed by atoms with Crippen LogP contribution in [-0.4, -0.2) is 10.1 Å². The lowest BCUT2D eigenvalue weighted by molar-refractivity contribution is 0.276. The van der Waals surface area contributed by atoms with Crippen molar-refractivity contribution < 1.29 is 9.84 Å². The van der Waals surface area contributed by atoms with Crippen LogP contribution < -0.4 is 4.74 Å². The summed E-state index contributed by atoms with van der Waals surface area (Å²) < 4.78 is 5.79. The maximum Gasteiger partial charge on any atom is 0.151 e. The van der Waals surface area contributed by atoms with E-state index in [0.29, 0.717) is 5.75 Å². The molecule has 1 aromatic carbocycles. The second kappa shape index (κ2) is 4.97. The molecule has 0 atom stereocenters. The SMILES string of the molecule is Cc1cccc(Oc2cnccc2CO)c1C. The third-order valence-corrected chi connectivity index (χ3v) is 2.82. The Balaban J connectivity index is 2.35. The molecule has 0 unspecified atom stereocenters. The van der Waals surface area contributed by atoms with Crippen LogP contribution in [0.25, 0.3) is 0 Å². The van der Waals surface area contributed by atoms with Crippen LogP contribution in [0.3, 0.4) is 0 Å². The van der Waals surface area contributed by atoms with Gasteiger partial charge in [-0.15, -0.1) is 0 Å². The molecule has 3 nitrogen and oxygen atoms in total. The Morgan fingerprint density at radius 3 is 2.76 bits per heavy atom. The van der Waals surface area contributed by atoms with E-state index in [0.717, 1.165) is 16.9 Å². The highest BCUT2D eigenvalue weighted by molar-refractivity contribution is 5.42. The van der Waals surface area contributed by atoms with E-state index in [1.807, 2.05) is 32.0 Å². The van der Waals surface area contributed by atoms with Crippen molar-refractivity contribution in [2.75, 3.05) is 0 Å². The summed E-state index contributed by atoms with van der Waals surface area (Å²) in [7, 11) is 0. The molecule has 0 saturated heterocycles. The van der Waals surface area contributed by atoms with Gasteiger partial charge < -0.3 is 9.84 Å². The minimum Gasteiger partial charge on any atom is -0.455 e. The molecule has 0 amide bonds. The van der Waals surface area contributed by atoms with Gasteiger partial charge in [0.2, 0.25) is 0 Å². The monoisotopic (exact) mass is 229 g/mol. The molecule has 0 spiro atoms. The van der Waals surface area contributed by atoms with E-state index < -0.39 is 0 Å². The Morgan fingerprint density at radius 2 is 2.00 bits per heavy atom. The summed E-state index contributed by atoms with van der Waals surface area (Å²) in [4.78, 5) is 4.01. The maximum atomic E-state index is 9.21. The molecule has 0 saturated carbocycles. The Bertz CT molecular complexity index is 523. The smallest absolute Gasteiger partial charge is 0.151 e. The molecule has 0 radical (unpaired) electrons. The van der Waals surface area contributed by atoms with E-state index in [9.17, 15) is 5.11 Å². The Kier molecular flexibility index (Phi) is 3.40. The predicted molar refractivity (Wildman–Crippen MR) is 66.1 cm³/mol. The van der Waals surface area contributed by atoms with E-state index in [4.69, 9.17) is 4.74 Å². The Hall–Kier alpha value is -1.87. The molecule has 0 aliphatic rings. The summed E-state index contributed by atoms with van der Waals surface area (Å²) in [5.41, 5.74) is 3.01. The van der Waals surface area contributed by atoms with Gasteiger partial charge in [-0.1, -0.05) is 12.1 Å². The van der Waals surface area contributed by atoms with Crippen molar-refractivity contribution in [3.05, 3.63) is 53.3 Å². The summed E-state index contributed by atoms with van der Waals surface area (Å²) in [5, 5.41) is 9.21. The van der Waals surface area contributed by atoms with Crippen molar-refractivity contribution in [1.82, 2.24) is 4.98 Å². The topological polar surface area (TPSA) is 42.4 Å². The Labute approximate surface area is 101 Å². The van der Waals surface area contributed by atoms with Crippen molar-refractivity contribution in [2.24, 2.45) is 0 Å². The van der Waals surface area contributed by atoms with Gasteiger partial charge in [0.1, 0.15) is 5.75 Å². The van der Waals surface area contributed by atoms with E-state index in [-0.39, 0.29) is 6.61 Å². The lowest BCUT2D eigenvalue weighted by atomic mass is 10.1. The highest BCUT2D eigenvalue weighted by Crippen LogP contribution is 2.28. The molecular weight excluding hydrogens is 214 g/mol. The number of aryl methyl sites for hydroxylation is 1. The zero-order valence-corrected chi connectivity index (χ0v) is 9.97. The molecule has 1 N–H and O–H groups in total. The summed E-state index contributed by atoms with van der Waals surface area (Å²) in [6.45, 7) is 4.00. The first-order valence-electron chi connectivity index (χ1n) is 5.50. The molecule has 2 aromatic rings. The lowest BCUT2D eigenvalue weighted by Gasteiger charge is -2.12. The number of hydrogen-bond donors (Lipinski definition) is 1. The number of aromatic nitrogens is 1. The van der Waals surface area contributed by atoms with Crippen LogP contribution in [0.1, 0.15) is 16.7 Å². The van der Waals surface area contributed by atoms with Gasteiger partial charge in [-0.2, -0.15) is 0 Å². The van der Waals surface area contributed by atoms with Crippen molar-refractivity contribution in [2.45, 2.75) is 20.5 Å². The second-order valence-corrected chi connectivity index (χ2v) is 3.94. The summed E-state index contributed by atoms with van der Waals surface area (Å²) in [6, 6.07) is 7.65. The lowest BCUT2D eigenvalue weighted by Crippen LogP contribution is -1.94. The van der Waals surface area contributed by atoms with Gasteiger partial charge in [0, 0.05) is 11.8 Å². The third kappa shape index (κ3) is 2.45. The van der Waals surface area contributed by atoms with Crippen LogP contribution in [0.4, 0.5) is 0 Å². The maximum absolute atomic E-state index is 9.21. The first-order chi connectivity index (χ1) is 8.22. The normalized spacial score (nSPS) is 10.3. The largest absolute Gasteiger partial charge is 0.455 e. The van der Waals surface area contributed by atoms with Gasteiger partial charge in [-0.25, -0.2) is 0 Å². The van der Waals surface area contributed by atoms with Crippen LogP contribution in [-0.2, 0) is 6.61 Å². The summed E-state index contributed by atoms with van der Waals surface area (Å²) in [5.74, 6) is 1.40. The first-order valence-corrected chi connectivity index (χ1v) is 5.50. The first kappa shape index (κ1) is 11.6. The van der Waals surface area contributed by atoms with Crippen molar-refractivity contribution in [3.63, 3.8) is 0 Å². The second-order valence-electron chi connectivity index (χ2n) is 3.94. The average Bonchev–Trinajstić information content (AvgIpc) is 2.35. The molecule has 1 aromatic heterocycles. The van der Waals surface area contributed by atoms with Gasteiger partial charge in [0.15, 0.2) is 5.75 Å². The van der Waals surface area contributed by atoms with Crippen LogP contribution in [0.5, 0.6) is 11.5 Å². The van der Waals surface area contributed by atoms with Crippen LogP contribution in [0, 0.1) is 13.8 Å². The standard InChI is InChI=1S/C14H15NO2/c1-10-4-3-5-13(11(10)2)17-14-8-15-7-6-12(14)9-16/h3-8,16H,9H2,1-2H3. The zero-order valence-electron chi connectivity index (χ0n) is 9.97. The number of aliphatic hydroxyl groups is 1. The van der Waals surface area contributed by atoms with Crippen LogP contribution in [0.15, 0.2) is 36.7 Å². The molecule has 3 heteroatoms. The van der Waals surface area contributed by atoms with Crippen molar-refractivity contribution in [1.29, 1.82) is 0 Å². The van der Waals surface area contributed by atoms with E-state index in [2.05, 4.69) is 4.98 Å². The van der Waals surface area contributed by atoms with Gasteiger partial charge in [-0.3, -0.25) is 4.98 Å². The van der Waals surface area contributed by atoms with Gasteiger partial charge in [0.05, 0.1) is 12.8 Å². The number of pyridine rings is 1. The van der Waals surface area contributed by atoms with Crippen molar-refractivity contribution in [3.8, 4) is 11.5 Å². The molecule has 0 fully saturated rings. The predicted octanol–water partition coefficient (Wildman–Crippen LogP) is 2.98. The number of nitrogens with zero attached hydrogens (tertiary/aromatic N) is 1. The highest BCUT2D eigenvalue weighted by atomic mass is 16.5. The van der Waals surface area contributed by atoms with E-state index in [1.165, 1.54) is 5.56 Å². The molecule has 88 valence electrons. The number of hydrogen-bond acceptors (Lipinski definition) is 3. The fourth-order valence-corrected chi connectivity index (χ4v) is 1.58. The fourth-order valence-electron chi connectivity index (χ4n) is 1.58. The molecular formula is C14H15NO2. The van der Waals surface area contributed by atoms with Crippen LogP contribution >= 0.6 is 0 Å². The number of benzene rings is 1. The highest BCUT2D eigenvalue weighted by Gasteiger charge is 2.07. The van der Waals surface area contributed by atoms with E-state index in [1.54, 1.807) is 18.5 Å². The van der Waals surface area contributed by atoms with Gasteiger partial charge in [-0.05, 0) is 37.1 Å². The van der Waals surface area contributed by atoms with Gasteiger partial charge >= 0.3 is 0 Å². The van der Waals surface area contributed by atoms with E-state index >= 15 is 0 Å². The molecule has 0 bridgehead atoms.